The molecule has 0 radical (unpaired) electrons. The summed E-state index contributed by atoms with van der Waals surface area (Å²) in [5, 5.41) is 5.59. The number of rotatable bonds is 15. The van der Waals surface area contributed by atoms with Crippen molar-refractivity contribution in [2.24, 2.45) is 0 Å². The summed E-state index contributed by atoms with van der Waals surface area (Å²) in [6, 6.07) is 15.6. The summed E-state index contributed by atoms with van der Waals surface area (Å²) in [5.41, 5.74) is 8.89. The van der Waals surface area contributed by atoms with E-state index in [2.05, 4.69) is 129 Å². The van der Waals surface area contributed by atoms with Crippen molar-refractivity contribution in [1.29, 1.82) is 0 Å². The maximum absolute atomic E-state index is 7.13. The van der Waals surface area contributed by atoms with Gasteiger partial charge in [0.1, 0.15) is 13.1 Å². The minimum Gasteiger partial charge on any atom is -0.382 e. The number of allylic oxidation sites excluding steroid dienone is 5. The van der Waals surface area contributed by atoms with Gasteiger partial charge in [-0.2, -0.15) is 0 Å². The van der Waals surface area contributed by atoms with Crippen LogP contribution in [0.25, 0.3) is 16.5 Å². The lowest BCUT2D eigenvalue weighted by atomic mass is 9.89. The highest BCUT2D eigenvalue weighted by Crippen LogP contribution is 2.38. The fourth-order valence-corrected chi connectivity index (χ4v) is 6.57. The van der Waals surface area contributed by atoms with Crippen molar-refractivity contribution in [3.63, 3.8) is 0 Å². The van der Waals surface area contributed by atoms with Gasteiger partial charge in [-0.25, -0.2) is 4.58 Å². The third-order valence-electron chi connectivity index (χ3n) is 9.08. The first kappa shape index (κ1) is 34.5. The zero-order chi connectivity index (χ0) is 32.3. The fourth-order valence-electron chi connectivity index (χ4n) is 6.32. The van der Waals surface area contributed by atoms with Gasteiger partial charge in [0, 0.05) is 59.8 Å². The minimum atomic E-state index is 0.342. The molecule has 1 aliphatic carbocycles. The van der Waals surface area contributed by atoms with Crippen LogP contribution < -0.4 is 10.2 Å². The summed E-state index contributed by atoms with van der Waals surface area (Å²) in [7, 11) is 0. The van der Waals surface area contributed by atoms with E-state index in [1.807, 2.05) is 12.3 Å². The first-order valence-electron chi connectivity index (χ1n) is 17.0. The Morgan fingerprint density at radius 3 is 2.13 bits per heavy atom. The van der Waals surface area contributed by atoms with Crippen molar-refractivity contribution in [1.82, 2.24) is 9.88 Å². The number of fused-ring (bicyclic) bond motifs is 1. The van der Waals surface area contributed by atoms with Crippen LogP contribution in [-0.2, 0) is 0 Å². The van der Waals surface area contributed by atoms with Crippen molar-refractivity contribution in [3.8, 4) is 0 Å². The molecular weight excluding hydrogens is 574 g/mol. The molecular formula is C39H53ClN5+. The monoisotopic (exact) mass is 626 g/mol. The predicted molar refractivity (Wildman–Crippen MR) is 198 cm³/mol. The van der Waals surface area contributed by atoms with Gasteiger partial charge < -0.3 is 15.1 Å². The number of nitrogens with one attached hydrogen (secondary N) is 1. The van der Waals surface area contributed by atoms with E-state index in [0.29, 0.717) is 11.1 Å². The minimum absolute atomic E-state index is 0.342. The van der Waals surface area contributed by atoms with Gasteiger partial charge in [0.2, 0.25) is 0 Å². The highest BCUT2D eigenvalue weighted by atomic mass is 35.5. The van der Waals surface area contributed by atoms with Crippen molar-refractivity contribution in [2.75, 3.05) is 56.0 Å². The molecule has 1 aromatic heterocycles. The number of aromatic nitrogens is 1. The third kappa shape index (κ3) is 8.45. The summed E-state index contributed by atoms with van der Waals surface area (Å²) in [6.07, 6.45) is 13.1. The second kappa shape index (κ2) is 16.8. The van der Waals surface area contributed by atoms with E-state index in [0.717, 1.165) is 91.1 Å². The molecule has 4 rings (SSSR count). The van der Waals surface area contributed by atoms with E-state index < -0.39 is 0 Å². The van der Waals surface area contributed by atoms with Crippen molar-refractivity contribution >= 4 is 45.2 Å². The molecule has 1 aliphatic rings. The van der Waals surface area contributed by atoms with Crippen LogP contribution in [0.5, 0.6) is 0 Å². The number of halogens is 1. The molecule has 0 spiro atoms. The summed E-state index contributed by atoms with van der Waals surface area (Å²) < 4.78 is 2.37. The molecule has 240 valence electrons. The summed E-state index contributed by atoms with van der Waals surface area (Å²) in [5.74, 6) is 0. The fraction of sp³-hybridized carbons (Fsp3) is 0.436. The number of anilines is 2. The molecule has 0 amide bonds. The molecule has 2 aromatic carbocycles. The Morgan fingerprint density at radius 1 is 0.867 bits per heavy atom. The number of benzene rings is 2. The number of hydrogen-bond donors (Lipinski definition) is 1. The van der Waals surface area contributed by atoms with Gasteiger partial charge in [0.15, 0.2) is 5.71 Å². The van der Waals surface area contributed by atoms with Crippen molar-refractivity contribution in [2.45, 2.75) is 67.3 Å². The molecule has 5 nitrogen and oxygen atoms in total. The lowest BCUT2D eigenvalue weighted by Gasteiger charge is -2.22. The molecule has 45 heavy (non-hydrogen) atoms. The van der Waals surface area contributed by atoms with Gasteiger partial charge in [0.05, 0.1) is 10.5 Å². The molecule has 0 aliphatic heterocycles. The quantitative estimate of drug-likeness (QED) is 0.171. The predicted octanol–water partition coefficient (Wildman–Crippen LogP) is 9.08. The van der Waals surface area contributed by atoms with E-state index >= 15 is 0 Å². The molecule has 1 unspecified atom stereocenters. The Bertz CT molecular complexity index is 1520. The molecule has 1 heterocycles. The summed E-state index contributed by atoms with van der Waals surface area (Å²) in [4.78, 5) is 9.57. The zero-order valence-corrected chi connectivity index (χ0v) is 29.3. The molecule has 3 aromatic rings. The van der Waals surface area contributed by atoms with Crippen LogP contribution in [-0.4, -0.2) is 72.0 Å². The number of pyridine rings is 1. The topological polar surface area (TPSA) is 34.4 Å². The van der Waals surface area contributed by atoms with Crippen molar-refractivity contribution in [3.05, 3.63) is 94.7 Å². The molecule has 0 saturated heterocycles. The van der Waals surface area contributed by atoms with Crippen LogP contribution in [0.4, 0.5) is 11.4 Å². The summed E-state index contributed by atoms with van der Waals surface area (Å²) in [6.45, 7) is 22.8. The number of hydrogen-bond acceptors (Lipinski definition) is 4. The average molecular weight is 627 g/mol. The van der Waals surface area contributed by atoms with Crippen LogP contribution in [0.2, 0.25) is 5.02 Å². The van der Waals surface area contributed by atoms with Gasteiger partial charge in [0.25, 0.3) is 0 Å². The molecule has 0 saturated carbocycles. The Labute approximate surface area is 277 Å². The van der Waals surface area contributed by atoms with Gasteiger partial charge in [-0.15, -0.1) is 0 Å². The first-order chi connectivity index (χ1) is 21.9. The molecule has 1 atom stereocenters. The van der Waals surface area contributed by atoms with E-state index in [1.54, 1.807) is 0 Å². The van der Waals surface area contributed by atoms with Crippen LogP contribution in [0.15, 0.2) is 78.5 Å². The normalized spacial score (nSPS) is 13.5. The SMILES string of the molecule is CCN(CC)CCCC(C)Nc1ccnc2cc(Cl)c(C(=C3C=CC(=[N+](CC)CC)C=C3)c3ccc(N(CC)CC)cc3)cc12. The van der Waals surface area contributed by atoms with Gasteiger partial charge in [-0.05, 0) is 126 Å². The lowest BCUT2D eigenvalue weighted by Crippen LogP contribution is -2.25. The third-order valence-corrected chi connectivity index (χ3v) is 9.39. The first-order valence-corrected chi connectivity index (χ1v) is 17.4. The second-order valence-corrected chi connectivity index (χ2v) is 12.1. The molecule has 0 bridgehead atoms. The smallest absolute Gasteiger partial charge is 0.199 e. The number of nitrogens with zero attached hydrogens (tertiary/aromatic N) is 4. The van der Waals surface area contributed by atoms with Gasteiger partial charge in [-0.1, -0.05) is 37.6 Å². The maximum atomic E-state index is 7.13. The maximum Gasteiger partial charge on any atom is 0.199 e. The van der Waals surface area contributed by atoms with Crippen LogP contribution in [0.1, 0.15) is 72.4 Å². The van der Waals surface area contributed by atoms with Gasteiger partial charge >= 0.3 is 0 Å². The van der Waals surface area contributed by atoms with E-state index in [-0.39, 0.29) is 0 Å². The Hall–Kier alpha value is -3.41. The standard InChI is InChI=1S/C39H52ClN5/c1-8-43(9-2)26-14-15-29(7)42-37-24-25-41-38-28-36(40)34(27-35(37)38)39(30-16-20-32(21-17-30)44(10-3)11-4)31-18-22-33(23-19-31)45(12-5)13-6/h16-25,27-29H,8-15,26H2,1-7H3/p+1. The van der Waals surface area contributed by atoms with Crippen LogP contribution >= 0.6 is 11.6 Å². The zero-order valence-electron chi connectivity index (χ0n) is 28.5. The Morgan fingerprint density at radius 2 is 1.53 bits per heavy atom. The van der Waals surface area contributed by atoms with Gasteiger partial charge in [-0.3, -0.25) is 4.98 Å². The second-order valence-electron chi connectivity index (χ2n) is 11.7. The summed E-state index contributed by atoms with van der Waals surface area (Å²) >= 11 is 7.13. The highest BCUT2D eigenvalue weighted by Gasteiger charge is 2.19. The van der Waals surface area contributed by atoms with Crippen LogP contribution in [0.3, 0.4) is 0 Å². The van der Waals surface area contributed by atoms with Crippen LogP contribution in [0, 0.1) is 0 Å². The average Bonchev–Trinajstić information content (AvgIpc) is 3.06. The largest absolute Gasteiger partial charge is 0.382 e. The van der Waals surface area contributed by atoms with E-state index in [9.17, 15) is 0 Å². The highest BCUT2D eigenvalue weighted by molar-refractivity contribution is 6.33. The van der Waals surface area contributed by atoms with E-state index in [4.69, 9.17) is 16.6 Å². The lowest BCUT2D eigenvalue weighted by molar-refractivity contribution is -0.519. The molecule has 6 heteroatoms. The Balaban J connectivity index is 1.78. The Kier molecular flexibility index (Phi) is 12.8. The van der Waals surface area contributed by atoms with E-state index in [1.165, 1.54) is 17.8 Å². The molecule has 1 N–H and O–H groups in total. The molecule has 0 fully saturated rings. The van der Waals surface area contributed by atoms with Crippen molar-refractivity contribution < 1.29 is 4.58 Å².